The highest BCUT2D eigenvalue weighted by Gasteiger charge is 2.14. The van der Waals surface area contributed by atoms with Crippen molar-refractivity contribution in [1.82, 2.24) is 5.32 Å². The first kappa shape index (κ1) is 16.5. The number of aliphatic hydroxyl groups is 1. The summed E-state index contributed by atoms with van der Waals surface area (Å²) < 4.78 is 5.19. The van der Waals surface area contributed by atoms with Crippen molar-refractivity contribution < 1.29 is 9.84 Å². The molecule has 2 atom stereocenters. The summed E-state index contributed by atoms with van der Waals surface area (Å²) in [6.07, 6.45) is 0.0915. The molecule has 118 valence electrons. The van der Waals surface area contributed by atoms with Gasteiger partial charge in [0, 0.05) is 19.1 Å². The van der Waals surface area contributed by atoms with Crippen LogP contribution in [0, 0.1) is 0 Å². The Kier molecular flexibility index (Phi) is 6.40. The Balaban J connectivity index is 1.76. The van der Waals surface area contributed by atoms with Crippen molar-refractivity contribution in [3.8, 4) is 5.75 Å². The lowest BCUT2D eigenvalue weighted by molar-refractivity contribution is 0.141. The number of benzene rings is 2. The molecule has 4 heteroatoms. The highest BCUT2D eigenvalue weighted by Crippen LogP contribution is 2.12. The minimum atomic E-state index is -0.578. The summed E-state index contributed by atoms with van der Waals surface area (Å²) in [5.41, 5.74) is 8.32. The quantitative estimate of drug-likeness (QED) is 0.694. The van der Waals surface area contributed by atoms with Crippen LogP contribution in [0.2, 0.25) is 0 Å². The largest absolute Gasteiger partial charge is 0.497 e. The molecule has 0 bridgehead atoms. The molecule has 0 heterocycles. The van der Waals surface area contributed by atoms with E-state index in [4.69, 9.17) is 10.5 Å². The predicted molar refractivity (Wildman–Crippen MR) is 88.8 cm³/mol. The summed E-state index contributed by atoms with van der Waals surface area (Å²) in [7, 11) is 1.65. The molecule has 0 fully saturated rings. The lowest BCUT2D eigenvalue weighted by Crippen LogP contribution is -2.42. The Hall–Kier alpha value is -1.88. The first-order chi connectivity index (χ1) is 10.7. The lowest BCUT2D eigenvalue weighted by Gasteiger charge is -2.19. The van der Waals surface area contributed by atoms with Gasteiger partial charge in [-0.1, -0.05) is 42.5 Å². The molecule has 0 aromatic heterocycles. The van der Waals surface area contributed by atoms with Crippen LogP contribution in [-0.4, -0.2) is 30.9 Å². The Morgan fingerprint density at radius 3 is 2.55 bits per heavy atom. The van der Waals surface area contributed by atoms with Crippen LogP contribution in [0.3, 0.4) is 0 Å². The molecule has 2 aromatic rings. The van der Waals surface area contributed by atoms with E-state index in [1.807, 2.05) is 54.6 Å². The van der Waals surface area contributed by atoms with Crippen LogP contribution in [0.25, 0.3) is 0 Å². The van der Waals surface area contributed by atoms with Crippen LogP contribution >= 0.6 is 0 Å². The van der Waals surface area contributed by atoms with Gasteiger partial charge in [-0.2, -0.15) is 0 Å². The van der Waals surface area contributed by atoms with Crippen molar-refractivity contribution in [2.45, 2.75) is 25.1 Å². The van der Waals surface area contributed by atoms with Crippen molar-refractivity contribution in [2.75, 3.05) is 13.7 Å². The summed E-state index contributed by atoms with van der Waals surface area (Å²) in [6, 6.07) is 17.6. The molecule has 0 radical (unpaired) electrons. The Bertz CT molecular complexity index is 560. The highest BCUT2D eigenvalue weighted by atomic mass is 16.5. The summed E-state index contributed by atoms with van der Waals surface area (Å²) in [5, 5.41) is 13.4. The summed E-state index contributed by atoms with van der Waals surface area (Å²) >= 11 is 0. The second-order valence-corrected chi connectivity index (χ2v) is 5.40. The number of ether oxygens (including phenoxy) is 1. The van der Waals surface area contributed by atoms with E-state index in [0.29, 0.717) is 19.5 Å². The number of hydrogen-bond donors (Lipinski definition) is 3. The second-order valence-electron chi connectivity index (χ2n) is 5.40. The average molecular weight is 300 g/mol. The van der Waals surface area contributed by atoms with Gasteiger partial charge in [-0.25, -0.2) is 0 Å². The Morgan fingerprint density at radius 2 is 1.82 bits per heavy atom. The van der Waals surface area contributed by atoms with Crippen molar-refractivity contribution >= 4 is 0 Å². The maximum Gasteiger partial charge on any atom is 0.119 e. The molecule has 0 unspecified atom stereocenters. The fourth-order valence-corrected chi connectivity index (χ4v) is 2.32. The summed E-state index contributed by atoms with van der Waals surface area (Å²) in [6.45, 7) is 1.14. The molecule has 0 saturated carbocycles. The molecular formula is C18H24N2O2. The zero-order valence-electron chi connectivity index (χ0n) is 12.9. The molecule has 0 saturated heterocycles. The molecule has 0 aliphatic heterocycles. The SMILES string of the molecule is COc1cccc(CNC[C@@H](O)[C@@H](N)Cc2ccccc2)c1. The molecule has 4 nitrogen and oxygen atoms in total. The monoisotopic (exact) mass is 300 g/mol. The van der Waals surface area contributed by atoms with E-state index < -0.39 is 6.10 Å². The van der Waals surface area contributed by atoms with Gasteiger partial charge in [-0.05, 0) is 29.7 Å². The Labute approximate surface area is 131 Å². The molecule has 0 spiro atoms. The van der Waals surface area contributed by atoms with Gasteiger partial charge in [0.1, 0.15) is 5.75 Å². The number of methoxy groups -OCH3 is 1. The van der Waals surface area contributed by atoms with E-state index >= 15 is 0 Å². The third-order valence-electron chi connectivity index (χ3n) is 3.63. The third kappa shape index (κ3) is 5.15. The third-order valence-corrected chi connectivity index (χ3v) is 3.63. The van der Waals surface area contributed by atoms with E-state index in [1.165, 1.54) is 0 Å². The number of nitrogens with one attached hydrogen (secondary N) is 1. The standard InChI is InChI=1S/C18H24N2O2/c1-22-16-9-5-8-15(10-16)12-20-13-18(21)17(19)11-14-6-3-2-4-7-14/h2-10,17-18,20-21H,11-13,19H2,1H3/t17-,18+/m0/s1. The van der Waals surface area contributed by atoms with Crippen molar-refractivity contribution in [3.05, 3.63) is 65.7 Å². The average Bonchev–Trinajstić information content (AvgIpc) is 2.56. The fourth-order valence-electron chi connectivity index (χ4n) is 2.32. The van der Waals surface area contributed by atoms with Crippen LogP contribution in [-0.2, 0) is 13.0 Å². The second kappa shape index (κ2) is 8.54. The van der Waals surface area contributed by atoms with Crippen molar-refractivity contribution in [2.24, 2.45) is 5.73 Å². The highest BCUT2D eigenvalue weighted by molar-refractivity contribution is 5.28. The fraction of sp³-hybridized carbons (Fsp3) is 0.333. The predicted octanol–water partition coefficient (Wildman–Crippen LogP) is 1.72. The molecule has 4 N–H and O–H groups in total. The molecule has 0 aliphatic rings. The van der Waals surface area contributed by atoms with Gasteiger partial charge in [0.2, 0.25) is 0 Å². The van der Waals surface area contributed by atoms with Crippen LogP contribution < -0.4 is 15.8 Å². The first-order valence-corrected chi connectivity index (χ1v) is 7.50. The number of aliphatic hydroxyl groups excluding tert-OH is 1. The normalized spacial score (nSPS) is 13.6. The minimum absolute atomic E-state index is 0.278. The topological polar surface area (TPSA) is 67.5 Å². The van der Waals surface area contributed by atoms with E-state index in [9.17, 15) is 5.11 Å². The minimum Gasteiger partial charge on any atom is -0.497 e. The Morgan fingerprint density at radius 1 is 1.09 bits per heavy atom. The maximum atomic E-state index is 10.1. The van der Waals surface area contributed by atoms with Gasteiger partial charge in [-0.3, -0.25) is 0 Å². The van der Waals surface area contributed by atoms with Crippen LogP contribution in [0.4, 0.5) is 0 Å². The summed E-state index contributed by atoms with van der Waals surface area (Å²) in [4.78, 5) is 0. The first-order valence-electron chi connectivity index (χ1n) is 7.50. The zero-order valence-corrected chi connectivity index (χ0v) is 12.9. The summed E-state index contributed by atoms with van der Waals surface area (Å²) in [5.74, 6) is 0.834. The smallest absolute Gasteiger partial charge is 0.119 e. The lowest BCUT2D eigenvalue weighted by atomic mass is 10.0. The molecule has 0 aliphatic carbocycles. The van der Waals surface area contributed by atoms with Crippen LogP contribution in [0.15, 0.2) is 54.6 Å². The van der Waals surface area contributed by atoms with Crippen molar-refractivity contribution in [3.63, 3.8) is 0 Å². The van der Waals surface area contributed by atoms with E-state index in [1.54, 1.807) is 7.11 Å². The van der Waals surface area contributed by atoms with Gasteiger partial charge in [0.15, 0.2) is 0 Å². The molecule has 2 rings (SSSR count). The van der Waals surface area contributed by atoms with Gasteiger partial charge in [0.05, 0.1) is 13.2 Å². The number of rotatable bonds is 8. The van der Waals surface area contributed by atoms with Gasteiger partial charge >= 0.3 is 0 Å². The molecule has 0 amide bonds. The van der Waals surface area contributed by atoms with Crippen LogP contribution in [0.5, 0.6) is 5.75 Å². The molecule has 2 aromatic carbocycles. The van der Waals surface area contributed by atoms with Crippen molar-refractivity contribution in [1.29, 1.82) is 0 Å². The van der Waals surface area contributed by atoms with E-state index in [-0.39, 0.29) is 6.04 Å². The van der Waals surface area contributed by atoms with Crippen LogP contribution in [0.1, 0.15) is 11.1 Å². The molecule has 22 heavy (non-hydrogen) atoms. The zero-order chi connectivity index (χ0) is 15.8. The van der Waals surface area contributed by atoms with E-state index in [2.05, 4.69) is 5.32 Å². The molecular weight excluding hydrogens is 276 g/mol. The number of hydrogen-bond acceptors (Lipinski definition) is 4. The van der Waals surface area contributed by atoms with Gasteiger partial charge in [0.25, 0.3) is 0 Å². The van der Waals surface area contributed by atoms with Gasteiger partial charge in [-0.15, -0.1) is 0 Å². The number of nitrogens with two attached hydrogens (primary N) is 1. The maximum absolute atomic E-state index is 10.1. The van der Waals surface area contributed by atoms with Gasteiger partial charge < -0.3 is 20.9 Å². The van der Waals surface area contributed by atoms with E-state index in [0.717, 1.165) is 16.9 Å².